The van der Waals surface area contributed by atoms with Crippen LogP contribution in [0.1, 0.15) is 17.3 Å². The average molecular weight is 414 g/mol. The Kier molecular flexibility index (Phi) is 7.62. The molecule has 2 rings (SSSR count). The van der Waals surface area contributed by atoms with E-state index in [1.165, 1.54) is 12.1 Å². The summed E-state index contributed by atoms with van der Waals surface area (Å²) < 4.78 is 19.2. The van der Waals surface area contributed by atoms with E-state index in [1.54, 1.807) is 18.2 Å². The van der Waals surface area contributed by atoms with Gasteiger partial charge in [0.1, 0.15) is 18.3 Å². The normalized spacial score (nSPS) is 28.8. The molecule has 0 radical (unpaired) electrons. The molecule has 1 aromatic carbocycles. The Bertz CT molecular complexity index is 734. The van der Waals surface area contributed by atoms with Crippen molar-refractivity contribution in [2.24, 2.45) is 0 Å². The van der Waals surface area contributed by atoms with Crippen LogP contribution in [0, 0.1) is 0 Å². The van der Waals surface area contributed by atoms with Gasteiger partial charge in [0.2, 0.25) is 5.91 Å². The number of aliphatic hydroxyl groups is 3. The number of hydrogen-bond acceptors (Lipinski definition) is 7. The molecule has 11 heteroatoms. The summed E-state index contributed by atoms with van der Waals surface area (Å²) in [7, 11) is 0. The Morgan fingerprint density at radius 2 is 1.83 bits per heavy atom. The van der Waals surface area contributed by atoms with Gasteiger partial charge in [0.05, 0.1) is 12.1 Å². The van der Waals surface area contributed by atoms with Crippen LogP contribution in [0.15, 0.2) is 30.3 Å². The lowest BCUT2D eigenvalue weighted by Crippen LogP contribution is -2.67. The number of aliphatic carboxylic acids is 1. The van der Waals surface area contributed by atoms with E-state index in [9.17, 15) is 34.1 Å². The highest BCUT2D eigenvalue weighted by molar-refractivity contribution is 5.94. The predicted molar refractivity (Wildman–Crippen MR) is 95.6 cm³/mol. The summed E-state index contributed by atoms with van der Waals surface area (Å²) >= 11 is 0. The molecular weight excluding hydrogens is 391 g/mol. The first-order valence-corrected chi connectivity index (χ1v) is 8.80. The topological polar surface area (TPSA) is 165 Å². The number of hydrogen-bond donors (Lipinski definition) is 6. The van der Waals surface area contributed by atoms with Crippen molar-refractivity contribution in [3.8, 4) is 0 Å². The standard InChI is InChI=1S/C18H23FN2O8/c1-8(22)21-12-14(25)11(19)15(18(27)28)29-16(12)13(24)10(23)7-20-17(26)9-5-3-2-4-6-9/h2-6,10-16,23-25H,7H2,1H3,(H,20,26)(H,21,22)(H,27,28)/t10-,11?,12-,13-,14+,15?,16-/m1/s1. The van der Waals surface area contributed by atoms with E-state index >= 15 is 0 Å². The van der Waals surface area contributed by atoms with Gasteiger partial charge in [-0.3, -0.25) is 9.59 Å². The smallest absolute Gasteiger partial charge is 0.336 e. The first-order valence-electron chi connectivity index (χ1n) is 8.80. The monoisotopic (exact) mass is 414 g/mol. The molecule has 29 heavy (non-hydrogen) atoms. The molecule has 2 unspecified atom stereocenters. The molecule has 1 saturated heterocycles. The number of aliphatic hydroxyl groups excluding tert-OH is 3. The number of benzene rings is 1. The number of carboxylic acids is 1. The first kappa shape index (κ1) is 22.7. The number of carbonyl (C=O) groups excluding carboxylic acids is 2. The summed E-state index contributed by atoms with van der Waals surface area (Å²) in [6, 6.07) is 6.52. The molecule has 160 valence electrons. The molecule has 0 spiro atoms. The Labute approximate surface area is 165 Å². The van der Waals surface area contributed by atoms with Crippen molar-refractivity contribution in [1.82, 2.24) is 10.6 Å². The molecular formula is C18H23FN2O8. The number of halogens is 1. The van der Waals surface area contributed by atoms with Crippen molar-refractivity contribution in [3.63, 3.8) is 0 Å². The average Bonchev–Trinajstić information content (AvgIpc) is 2.69. The predicted octanol–water partition coefficient (Wildman–Crippen LogP) is -1.81. The number of ether oxygens (including phenoxy) is 1. The second kappa shape index (κ2) is 9.74. The van der Waals surface area contributed by atoms with Crippen LogP contribution in [-0.4, -0.2) is 87.5 Å². The Morgan fingerprint density at radius 1 is 1.21 bits per heavy atom. The molecule has 1 aliphatic heterocycles. The quantitative estimate of drug-likeness (QED) is 0.304. The molecule has 2 amide bonds. The van der Waals surface area contributed by atoms with E-state index in [0.717, 1.165) is 6.92 Å². The van der Waals surface area contributed by atoms with E-state index in [-0.39, 0.29) is 0 Å². The van der Waals surface area contributed by atoms with Crippen LogP contribution < -0.4 is 10.6 Å². The number of rotatable bonds is 7. The van der Waals surface area contributed by atoms with Gasteiger partial charge in [0.15, 0.2) is 12.3 Å². The summed E-state index contributed by atoms with van der Waals surface area (Å²) in [4.78, 5) is 34.6. The fraction of sp³-hybridized carbons (Fsp3) is 0.500. The van der Waals surface area contributed by atoms with Crippen molar-refractivity contribution in [3.05, 3.63) is 35.9 Å². The molecule has 10 nitrogen and oxygen atoms in total. The van der Waals surface area contributed by atoms with Gasteiger partial charge < -0.3 is 35.8 Å². The Hall–Kier alpha value is -2.60. The summed E-state index contributed by atoms with van der Waals surface area (Å²) in [5.74, 6) is -2.95. The van der Waals surface area contributed by atoms with Crippen LogP contribution in [-0.2, 0) is 14.3 Å². The largest absolute Gasteiger partial charge is 0.479 e. The molecule has 6 N–H and O–H groups in total. The van der Waals surface area contributed by atoms with E-state index < -0.39 is 67.1 Å². The van der Waals surface area contributed by atoms with Crippen molar-refractivity contribution >= 4 is 17.8 Å². The molecule has 1 aromatic rings. The van der Waals surface area contributed by atoms with E-state index in [4.69, 9.17) is 9.84 Å². The zero-order valence-electron chi connectivity index (χ0n) is 15.4. The van der Waals surface area contributed by atoms with E-state index in [0.29, 0.717) is 5.56 Å². The van der Waals surface area contributed by atoms with Gasteiger partial charge in [-0.25, -0.2) is 9.18 Å². The molecule has 1 aliphatic rings. The van der Waals surface area contributed by atoms with Crippen LogP contribution in [0.3, 0.4) is 0 Å². The van der Waals surface area contributed by atoms with Gasteiger partial charge in [-0.05, 0) is 12.1 Å². The van der Waals surface area contributed by atoms with Gasteiger partial charge in [-0.15, -0.1) is 0 Å². The first-order chi connectivity index (χ1) is 13.6. The molecule has 0 bridgehead atoms. The molecule has 1 fully saturated rings. The van der Waals surface area contributed by atoms with Crippen molar-refractivity contribution < 1.29 is 43.9 Å². The highest BCUT2D eigenvalue weighted by Crippen LogP contribution is 2.27. The minimum Gasteiger partial charge on any atom is -0.479 e. The number of carboxylic acid groups (broad SMARTS) is 1. The van der Waals surface area contributed by atoms with Crippen molar-refractivity contribution in [2.75, 3.05) is 6.54 Å². The lowest BCUT2D eigenvalue weighted by molar-refractivity contribution is -0.213. The third-order valence-corrected chi connectivity index (χ3v) is 4.49. The lowest BCUT2D eigenvalue weighted by Gasteiger charge is -2.43. The van der Waals surface area contributed by atoms with Gasteiger partial charge in [0.25, 0.3) is 5.91 Å². The number of carbonyl (C=O) groups is 3. The van der Waals surface area contributed by atoms with Gasteiger partial charge in [-0.2, -0.15) is 0 Å². The SMILES string of the molecule is CC(=O)N[C@H]1[C@H]([C@H](O)[C@H](O)CNC(=O)c2ccccc2)OC(C(=O)O)C(F)[C@@H]1O. The maximum absolute atomic E-state index is 14.2. The van der Waals surface area contributed by atoms with Crippen LogP contribution in [0.4, 0.5) is 4.39 Å². The van der Waals surface area contributed by atoms with Crippen LogP contribution in [0.25, 0.3) is 0 Å². The van der Waals surface area contributed by atoms with Gasteiger partial charge >= 0.3 is 5.97 Å². The van der Waals surface area contributed by atoms with Crippen molar-refractivity contribution in [2.45, 2.75) is 49.7 Å². The molecule has 1 heterocycles. The highest BCUT2D eigenvalue weighted by atomic mass is 19.1. The lowest BCUT2D eigenvalue weighted by atomic mass is 9.88. The maximum atomic E-state index is 14.2. The number of nitrogens with one attached hydrogen (secondary N) is 2. The highest BCUT2D eigenvalue weighted by Gasteiger charge is 2.52. The minimum absolute atomic E-state index is 0.306. The maximum Gasteiger partial charge on any atom is 0.336 e. The Morgan fingerprint density at radius 3 is 2.38 bits per heavy atom. The summed E-state index contributed by atoms with van der Waals surface area (Å²) in [6.45, 7) is 0.623. The third kappa shape index (κ3) is 5.48. The number of amides is 2. The van der Waals surface area contributed by atoms with Crippen LogP contribution in [0.5, 0.6) is 0 Å². The van der Waals surface area contributed by atoms with Crippen LogP contribution in [0.2, 0.25) is 0 Å². The molecule has 7 atom stereocenters. The van der Waals surface area contributed by atoms with Crippen LogP contribution >= 0.6 is 0 Å². The van der Waals surface area contributed by atoms with Gasteiger partial charge in [-0.1, -0.05) is 18.2 Å². The zero-order chi connectivity index (χ0) is 21.7. The van der Waals surface area contributed by atoms with Gasteiger partial charge in [0, 0.05) is 19.0 Å². The van der Waals surface area contributed by atoms with E-state index in [1.807, 2.05) is 0 Å². The molecule has 0 aliphatic carbocycles. The summed E-state index contributed by atoms with van der Waals surface area (Å²) in [5.41, 5.74) is 0.306. The van der Waals surface area contributed by atoms with Crippen molar-refractivity contribution in [1.29, 1.82) is 0 Å². The fourth-order valence-electron chi connectivity index (χ4n) is 3.02. The number of alkyl halides is 1. The fourth-order valence-corrected chi connectivity index (χ4v) is 3.02. The Balaban J connectivity index is 2.10. The second-order valence-corrected chi connectivity index (χ2v) is 6.65. The van der Waals surface area contributed by atoms with E-state index in [2.05, 4.69) is 10.6 Å². The third-order valence-electron chi connectivity index (χ3n) is 4.49. The summed E-state index contributed by atoms with van der Waals surface area (Å²) in [5, 5.41) is 44.3. The second-order valence-electron chi connectivity index (χ2n) is 6.65. The minimum atomic E-state index is -2.37. The molecule has 0 aromatic heterocycles. The molecule has 0 saturated carbocycles. The zero-order valence-corrected chi connectivity index (χ0v) is 15.4. The summed E-state index contributed by atoms with van der Waals surface area (Å²) in [6.07, 6.45) is -11.7.